The van der Waals surface area contributed by atoms with Crippen molar-refractivity contribution in [3.63, 3.8) is 0 Å². The molecule has 4 aromatic rings. The van der Waals surface area contributed by atoms with Crippen LogP contribution in [0.1, 0.15) is 16.1 Å². The molecule has 1 aromatic carbocycles. The number of pyridine rings is 1. The summed E-state index contributed by atoms with van der Waals surface area (Å²) in [7, 11) is 0. The second-order valence-corrected chi connectivity index (χ2v) is 6.44. The highest BCUT2D eigenvalue weighted by molar-refractivity contribution is 5.94. The first-order chi connectivity index (χ1) is 14.2. The molecule has 144 valence electrons. The van der Waals surface area contributed by atoms with Crippen LogP contribution in [0.2, 0.25) is 0 Å². The second-order valence-electron chi connectivity index (χ2n) is 6.44. The average molecular weight is 389 g/mol. The van der Waals surface area contributed by atoms with Crippen molar-refractivity contribution in [3.05, 3.63) is 76.5 Å². The lowest BCUT2D eigenvalue weighted by Gasteiger charge is -2.06. The first kappa shape index (κ1) is 17.0. The number of fused-ring (bicyclic) bond motifs is 2. The molecule has 0 unspecified atom stereocenters. The number of aromatic nitrogens is 4. The van der Waals surface area contributed by atoms with E-state index in [9.17, 15) is 9.59 Å². The standard InChI is InChI=1S/C20H15N5O4/c26-19-8-14(10-22-20(27)13-1-2-16-17(7-13)29-11-28-16)23-18-9-15(24-25(18)19)12-3-5-21-6-4-12/h1-9,24H,10-11H2,(H,22,27). The highest BCUT2D eigenvalue weighted by atomic mass is 16.7. The Morgan fingerprint density at radius 3 is 2.79 bits per heavy atom. The normalized spacial score (nSPS) is 12.3. The third kappa shape index (κ3) is 3.18. The van der Waals surface area contributed by atoms with Crippen molar-refractivity contribution >= 4 is 11.6 Å². The SMILES string of the molecule is O=C(NCc1cc(=O)n2[nH]c(-c3ccncc3)cc2n1)c1ccc2c(c1)OCO2. The smallest absolute Gasteiger partial charge is 0.272 e. The quantitative estimate of drug-likeness (QED) is 0.550. The van der Waals surface area contributed by atoms with Gasteiger partial charge in [-0.1, -0.05) is 0 Å². The van der Waals surface area contributed by atoms with Crippen molar-refractivity contribution in [1.82, 2.24) is 24.9 Å². The minimum atomic E-state index is -0.295. The molecule has 0 spiro atoms. The summed E-state index contributed by atoms with van der Waals surface area (Å²) in [6.07, 6.45) is 3.35. The summed E-state index contributed by atoms with van der Waals surface area (Å²) in [5, 5.41) is 5.80. The Balaban J connectivity index is 1.36. The van der Waals surface area contributed by atoms with Crippen LogP contribution in [0.3, 0.4) is 0 Å². The summed E-state index contributed by atoms with van der Waals surface area (Å²) >= 11 is 0. The molecule has 9 heteroatoms. The summed E-state index contributed by atoms with van der Waals surface area (Å²) < 4.78 is 11.9. The Morgan fingerprint density at radius 2 is 1.93 bits per heavy atom. The van der Waals surface area contributed by atoms with E-state index in [4.69, 9.17) is 9.47 Å². The number of amides is 1. The van der Waals surface area contributed by atoms with Crippen LogP contribution in [0.25, 0.3) is 16.9 Å². The average Bonchev–Trinajstić information content (AvgIpc) is 3.39. The lowest BCUT2D eigenvalue weighted by Crippen LogP contribution is -2.25. The van der Waals surface area contributed by atoms with E-state index in [1.54, 1.807) is 36.7 Å². The van der Waals surface area contributed by atoms with Gasteiger partial charge in [0.1, 0.15) is 0 Å². The van der Waals surface area contributed by atoms with Gasteiger partial charge in [0.15, 0.2) is 17.1 Å². The Morgan fingerprint density at radius 1 is 1.10 bits per heavy atom. The molecule has 0 saturated carbocycles. The summed E-state index contributed by atoms with van der Waals surface area (Å²) in [5.74, 6) is 0.849. The monoisotopic (exact) mass is 389 g/mol. The molecule has 4 heterocycles. The maximum atomic E-state index is 12.4. The van der Waals surface area contributed by atoms with E-state index in [2.05, 4.69) is 20.4 Å². The molecule has 0 bridgehead atoms. The Labute approximate surface area is 163 Å². The molecule has 1 aliphatic rings. The minimum Gasteiger partial charge on any atom is -0.454 e. The zero-order valence-corrected chi connectivity index (χ0v) is 15.1. The van der Waals surface area contributed by atoms with Crippen LogP contribution < -0.4 is 20.3 Å². The maximum absolute atomic E-state index is 12.4. The predicted octanol–water partition coefficient (Wildman–Crippen LogP) is 1.74. The zero-order valence-electron chi connectivity index (χ0n) is 15.1. The number of carbonyl (C=O) groups is 1. The molecule has 3 aromatic heterocycles. The van der Waals surface area contributed by atoms with E-state index in [1.807, 2.05) is 12.1 Å². The van der Waals surface area contributed by atoms with Gasteiger partial charge in [0.25, 0.3) is 11.5 Å². The van der Waals surface area contributed by atoms with Gasteiger partial charge < -0.3 is 14.8 Å². The van der Waals surface area contributed by atoms with Gasteiger partial charge in [-0.05, 0) is 30.3 Å². The fraction of sp³-hybridized carbons (Fsp3) is 0.100. The van der Waals surface area contributed by atoms with Crippen LogP contribution in [0, 0.1) is 0 Å². The van der Waals surface area contributed by atoms with Crippen LogP contribution in [-0.2, 0) is 6.54 Å². The lowest BCUT2D eigenvalue weighted by molar-refractivity contribution is 0.0950. The number of hydrogen-bond acceptors (Lipinski definition) is 6. The number of nitrogens with zero attached hydrogens (tertiary/aromatic N) is 3. The van der Waals surface area contributed by atoms with Gasteiger partial charge in [0.2, 0.25) is 6.79 Å². The first-order valence-corrected chi connectivity index (χ1v) is 8.87. The first-order valence-electron chi connectivity index (χ1n) is 8.87. The Hall–Kier alpha value is -4.14. The molecule has 9 nitrogen and oxygen atoms in total. The van der Waals surface area contributed by atoms with Crippen molar-refractivity contribution < 1.29 is 14.3 Å². The van der Waals surface area contributed by atoms with Gasteiger partial charge in [0, 0.05) is 35.7 Å². The van der Waals surface area contributed by atoms with Gasteiger partial charge >= 0.3 is 0 Å². The second kappa shape index (κ2) is 6.79. The summed E-state index contributed by atoms with van der Waals surface area (Å²) in [4.78, 5) is 33.3. The van der Waals surface area contributed by atoms with E-state index in [0.29, 0.717) is 28.4 Å². The molecular formula is C20H15N5O4. The van der Waals surface area contributed by atoms with E-state index in [-0.39, 0.29) is 24.8 Å². The predicted molar refractivity (Wildman–Crippen MR) is 103 cm³/mol. The number of carbonyl (C=O) groups excluding carboxylic acids is 1. The molecule has 1 aliphatic heterocycles. The van der Waals surface area contributed by atoms with Gasteiger partial charge in [-0.3, -0.25) is 19.7 Å². The molecule has 0 atom stereocenters. The van der Waals surface area contributed by atoms with Crippen LogP contribution in [-0.4, -0.2) is 32.3 Å². The van der Waals surface area contributed by atoms with Gasteiger partial charge in [0.05, 0.1) is 17.9 Å². The minimum absolute atomic E-state index is 0.120. The third-order valence-corrected chi connectivity index (χ3v) is 4.56. The van der Waals surface area contributed by atoms with E-state index >= 15 is 0 Å². The van der Waals surface area contributed by atoms with Gasteiger partial charge in [-0.15, -0.1) is 0 Å². The highest BCUT2D eigenvalue weighted by Crippen LogP contribution is 2.32. The Kier molecular flexibility index (Phi) is 3.98. The molecular weight excluding hydrogens is 374 g/mol. The van der Waals surface area contributed by atoms with E-state index in [1.165, 1.54) is 10.6 Å². The molecule has 29 heavy (non-hydrogen) atoms. The lowest BCUT2D eigenvalue weighted by atomic mass is 10.2. The maximum Gasteiger partial charge on any atom is 0.272 e. The van der Waals surface area contributed by atoms with Crippen LogP contribution in [0.4, 0.5) is 0 Å². The number of rotatable bonds is 4. The van der Waals surface area contributed by atoms with Crippen LogP contribution in [0.15, 0.2) is 59.7 Å². The molecule has 1 amide bonds. The van der Waals surface area contributed by atoms with Crippen molar-refractivity contribution in [2.75, 3.05) is 6.79 Å². The van der Waals surface area contributed by atoms with Crippen LogP contribution >= 0.6 is 0 Å². The Bertz CT molecular complexity index is 1280. The molecule has 0 fully saturated rings. The van der Waals surface area contributed by atoms with E-state index in [0.717, 1.165) is 11.3 Å². The highest BCUT2D eigenvalue weighted by Gasteiger charge is 2.16. The number of aromatic amines is 1. The summed E-state index contributed by atoms with van der Waals surface area (Å²) in [5.41, 5.74) is 2.75. The van der Waals surface area contributed by atoms with Crippen molar-refractivity contribution in [2.24, 2.45) is 0 Å². The number of ether oxygens (including phenoxy) is 2. The molecule has 2 N–H and O–H groups in total. The fourth-order valence-electron chi connectivity index (χ4n) is 3.12. The summed E-state index contributed by atoms with van der Waals surface area (Å²) in [6.45, 7) is 0.265. The molecule has 0 radical (unpaired) electrons. The third-order valence-electron chi connectivity index (χ3n) is 4.56. The van der Waals surface area contributed by atoms with Crippen molar-refractivity contribution in [3.8, 4) is 22.8 Å². The van der Waals surface area contributed by atoms with Gasteiger partial charge in [-0.25, -0.2) is 9.50 Å². The summed E-state index contributed by atoms with van der Waals surface area (Å²) in [6, 6.07) is 11.8. The van der Waals surface area contributed by atoms with Gasteiger partial charge in [-0.2, -0.15) is 0 Å². The van der Waals surface area contributed by atoms with E-state index < -0.39 is 0 Å². The molecule has 0 saturated heterocycles. The molecule has 5 rings (SSSR count). The number of nitrogens with one attached hydrogen (secondary N) is 2. The number of H-pyrrole nitrogens is 1. The number of hydrogen-bond donors (Lipinski definition) is 2. The largest absolute Gasteiger partial charge is 0.454 e. The number of benzene rings is 1. The fourth-order valence-corrected chi connectivity index (χ4v) is 3.12. The van der Waals surface area contributed by atoms with Crippen molar-refractivity contribution in [2.45, 2.75) is 6.54 Å². The zero-order chi connectivity index (χ0) is 19.8. The van der Waals surface area contributed by atoms with Crippen molar-refractivity contribution in [1.29, 1.82) is 0 Å². The molecule has 0 aliphatic carbocycles. The topological polar surface area (TPSA) is 111 Å². The van der Waals surface area contributed by atoms with Crippen LogP contribution in [0.5, 0.6) is 11.5 Å².